The van der Waals surface area contributed by atoms with Crippen molar-refractivity contribution in [2.45, 2.75) is 12.5 Å². The van der Waals surface area contributed by atoms with E-state index < -0.39 is 12.0 Å². The van der Waals surface area contributed by atoms with Crippen molar-refractivity contribution >= 4 is 11.8 Å². The van der Waals surface area contributed by atoms with Crippen LogP contribution in [0, 0.1) is 0 Å². The Morgan fingerprint density at radius 3 is 2.89 bits per heavy atom. The Balaban J connectivity index is 2.05. The normalized spacial score (nSPS) is 16.0. The van der Waals surface area contributed by atoms with Gasteiger partial charge in [0.1, 0.15) is 5.69 Å². The SMILES string of the molecule is COCC(O)CCN1C(=O)c2cccnc2C1=O. The zero-order valence-electron chi connectivity index (χ0n) is 10.00. The Morgan fingerprint density at radius 1 is 1.44 bits per heavy atom. The molecule has 0 fully saturated rings. The summed E-state index contributed by atoms with van der Waals surface area (Å²) in [5, 5.41) is 9.51. The molecule has 1 aromatic heterocycles. The number of amides is 2. The van der Waals surface area contributed by atoms with Gasteiger partial charge in [-0.25, -0.2) is 0 Å². The molecule has 0 bridgehead atoms. The lowest BCUT2D eigenvalue weighted by Crippen LogP contribution is -2.33. The van der Waals surface area contributed by atoms with E-state index in [4.69, 9.17) is 4.74 Å². The molecule has 0 spiro atoms. The lowest BCUT2D eigenvalue weighted by Gasteiger charge is -2.15. The van der Waals surface area contributed by atoms with Crippen LogP contribution in [0.5, 0.6) is 0 Å². The molecule has 6 heteroatoms. The number of pyridine rings is 1. The number of imide groups is 1. The van der Waals surface area contributed by atoms with E-state index in [0.717, 1.165) is 4.90 Å². The first-order valence-electron chi connectivity index (χ1n) is 5.63. The first kappa shape index (κ1) is 12.7. The number of fused-ring (bicyclic) bond motifs is 1. The molecular formula is C12H14N2O4. The van der Waals surface area contributed by atoms with E-state index in [0.29, 0.717) is 12.0 Å². The lowest BCUT2D eigenvalue weighted by atomic mass is 10.2. The van der Waals surface area contributed by atoms with Gasteiger partial charge in [0, 0.05) is 19.9 Å². The van der Waals surface area contributed by atoms with Crippen LogP contribution in [0.2, 0.25) is 0 Å². The molecule has 1 aliphatic heterocycles. The van der Waals surface area contributed by atoms with E-state index in [1.807, 2.05) is 0 Å². The average Bonchev–Trinajstić information content (AvgIpc) is 2.61. The van der Waals surface area contributed by atoms with Crippen molar-refractivity contribution in [2.24, 2.45) is 0 Å². The van der Waals surface area contributed by atoms with Gasteiger partial charge in [0.2, 0.25) is 0 Å². The number of rotatable bonds is 5. The van der Waals surface area contributed by atoms with Gasteiger partial charge in [0.25, 0.3) is 11.8 Å². The smallest absolute Gasteiger partial charge is 0.280 e. The molecule has 2 amide bonds. The summed E-state index contributed by atoms with van der Waals surface area (Å²) in [7, 11) is 1.48. The molecule has 0 aromatic carbocycles. The molecule has 96 valence electrons. The summed E-state index contributed by atoms with van der Waals surface area (Å²) in [5.41, 5.74) is 0.507. The molecule has 2 rings (SSSR count). The van der Waals surface area contributed by atoms with Gasteiger partial charge in [-0.1, -0.05) is 0 Å². The maximum Gasteiger partial charge on any atom is 0.280 e. The van der Waals surface area contributed by atoms with E-state index in [1.165, 1.54) is 13.3 Å². The maximum atomic E-state index is 11.9. The molecule has 6 nitrogen and oxygen atoms in total. The quantitative estimate of drug-likeness (QED) is 0.748. The molecule has 1 N–H and O–H groups in total. The number of aliphatic hydroxyl groups excluding tert-OH is 1. The average molecular weight is 250 g/mol. The summed E-state index contributed by atoms with van der Waals surface area (Å²) >= 11 is 0. The Morgan fingerprint density at radius 2 is 2.22 bits per heavy atom. The van der Waals surface area contributed by atoms with Gasteiger partial charge in [-0.2, -0.15) is 0 Å². The van der Waals surface area contributed by atoms with Crippen LogP contribution in [0.3, 0.4) is 0 Å². The van der Waals surface area contributed by atoms with Gasteiger partial charge in [-0.3, -0.25) is 19.5 Å². The van der Waals surface area contributed by atoms with Crippen molar-refractivity contribution in [1.82, 2.24) is 9.88 Å². The number of carbonyl (C=O) groups is 2. The fraction of sp³-hybridized carbons (Fsp3) is 0.417. The highest BCUT2D eigenvalue weighted by molar-refractivity contribution is 6.20. The van der Waals surface area contributed by atoms with Crippen LogP contribution in [0.1, 0.15) is 27.3 Å². The highest BCUT2D eigenvalue weighted by Crippen LogP contribution is 2.20. The van der Waals surface area contributed by atoms with Crippen molar-refractivity contribution in [3.63, 3.8) is 0 Å². The predicted molar refractivity (Wildman–Crippen MR) is 62.1 cm³/mol. The fourth-order valence-electron chi connectivity index (χ4n) is 1.87. The second-order valence-corrected chi connectivity index (χ2v) is 4.06. The van der Waals surface area contributed by atoms with E-state index in [9.17, 15) is 14.7 Å². The Labute approximate surface area is 104 Å². The summed E-state index contributed by atoms with van der Waals surface area (Å²) in [4.78, 5) is 28.8. The van der Waals surface area contributed by atoms with Crippen molar-refractivity contribution in [3.05, 3.63) is 29.6 Å². The van der Waals surface area contributed by atoms with Gasteiger partial charge < -0.3 is 9.84 Å². The predicted octanol–water partition coefficient (Wildman–Crippen LogP) is 0.0750. The van der Waals surface area contributed by atoms with Crippen LogP contribution in [-0.2, 0) is 4.74 Å². The highest BCUT2D eigenvalue weighted by atomic mass is 16.5. The second kappa shape index (κ2) is 5.24. The van der Waals surface area contributed by atoms with Crippen molar-refractivity contribution in [3.8, 4) is 0 Å². The Kier molecular flexibility index (Phi) is 3.69. The number of carbonyl (C=O) groups excluding carboxylic acids is 2. The van der Waals surface area contributed by atoms with E-state index in [1.54, 1.807) is 12.1 Å². The molecule has 1 aromatic rings. The number of hydrogen-bond donors (Lipinski definition) is 1. The first-order valence-corrected chi connectivity index (χ1v) is 5.63. The van der Waals surface area contributed by atoms with Gasteiger partial charge in [-0.05, 0) is 18.6 Å². The van der Waals surface area contributed by atoms with E-state index >= 15 is 0 Å². The molecule has 0 aliphatic carbocycles. The molecule has 0 radical (unpaired) electrons. The van der Waals surface area contributed by atoms with Gasteiger partial charge in [-0.15, -0.1) is 0 Å². The van der Waals surface area contributed by atoms with Gasteiger partial charge in [0.15, 0.2) is 0 Å². The zero-order chi connectivity index (χ0) is 13.1. The van der Waals surface area contributed by atoms with Crippen molar-refractivity contribution < 1.29 is 19.4 Å². The summed E-state index contributed by atoms with van der Waals surface area (Å²) in [6, 6.07) is 3.20. The number of nitrogens with zero attached hydrogens (tertiary/aromatic N) is 2. The molecule has 1 atom stereocenters. The minimum Gasteiger partial charge on any atom is -0.391 e. The van der Waals surface area contributed by atoms with Crippen LogP contribution >= 0.6 is 0 Å². The summed E-state index contributed by atoms with van der Waals surface area (Å²) < 4.78 is 4.78. The number of methoxy groups -OCH3 is 1. The number of aliphatic hydroxyl groups is 1. The van der Waals surface area contributed by atoms with Crippen LogP contribution in [0.4, 0.5) is 0 Å². The van der Waals surface area contributed by atoms with Gasteiger partial charge >= 0.3 is 0 Å². The third kappa shape index (κ3) is 2.25. The molecule has 0 saturated carbocycles. The van der Waals surface area contributed by atoms with E-state index in [2.05, 4.69) is 4.98 Å². The maximum absolute atomic E-state index is 11.9. The van der Waals surface area contributed by atoms with Crippen LogP contribution in [0.15, 0.2) is 18.3 Å². The molecular weight excluding hydrogens is 236 g/mol. The Hall–Kier alpha value is -1.79. The third-order valence-electron chi connectivity index (χ3n) is 2.78. The minimum absolute atomic E-state index is 0.165. The molecule has 1 aliphatic rings. The van der Waals surface area contributed by atoms with Crippen LogP contribution in [0.25, 0.3) is 0 Å². The summed E-state index contributed by atoms with van der Waals surface area (Å²) in [5.74, 6) is -0.757. The molecule has 2 heterocycles. The monoisotopic (exact) mass is 250 g/mol. The number of aromatic nitrogens is 1. The molecule has 18 heavy (non-hydrogen) atoms. The lowest BCUT2D eigenvalue weighted by molar-refractivity contribution is 0.0458. The molecule has 1 unspecified atom stereocenters. The number of ether oxygens (including phenoxy) is 1. The van der Waals surface area contributed by atoms with Crippen molar-refractivity contribution in [2.75, 3.05) is 20.3 Å². The molecule has 0 saturated heterocycles. The first-order chi connectivity index (χ1) is 8.65. The minimum atomic E-state index is -0.688. The van der Waals surface area contributed by atoms with Crippen molar-refractivity contribution in [1.29, 1.82) is 0 Å². The highest BCUT2D eigenvalue weighted by Gasteiger charge is 2.36. The van der Waals surface area contributed by atoms with E-state index in [-0.39, 0.29) is 24.8 Å². The topological polar surface area (TPSA) is 79.7 Å². The fourth-order valence-corrected chi connectivity index (χ4v) is 1.87. The summed E-state index contributed by atoms with van der Waals surface area (Å²) in [6.07, 6.45) is 1.08. The second-order valence-electron chi connectivity index (χ2n) is 4.06. The standard InChI is InChI=1S/C12H14N2O4/c1-18-7-8(15)4-6-14-11(16)9-3-2-5-13-10(9)12(14)17/h2-3,5,8,15H,4,6-7H2,1H3. The Bertz CT molecular complexity index is 440. The third-order valence-corrected chi connectivity index (χ3v) is 2.78. The van der Waals surface area contributed by atoms with Gasteiger partial charge in [0.05, 0.1) is 18.3 Å². The summed E-state index contributed by atoms with van der Waals surface area (Å²) in [6.45, 7) is 0.347. The van der Waals surface area contributed by atoms with Crippen LogP contribution < -0.4 is 0 Å². The number of hydrogen-bond acceptors (Lipinski definition) is 5. The van der Waals surface area contributed by atoms with Crippen LogP contribution in [-0.4, -0.2) is 53.2 Å². The largest absolute Gasteiger partial charge is 0.391 e. The zero-order valence-corrected chi connectivity index (χ0v) is 10.00.